The van der Waals surface area contributed by atoms with Gasteiger partial charge in [0.05, 0.1) is 39.7 Å². The van der Waals surface area contributed by atoms with Crippen LogP contribution in [0.15, 0.2) is 35.2 Å². The Kier molecular flexibility index (Phi) is 4.61. The molecule has 192 valence electrons. The van der Waals surface area contributed by atoms with Gasteiger partial charge in [-0.1, -0.05) is 0 Å². The number of Topliss-reactive ketones (excluding diaryl/α,β-unsaturated/α-hetero) is 1. The molecule has 0 bridgehead atoms. The summed E-state index contributed by atoms with van der Waals surface area (Å²) in [5, 5.41) is 3.51. The van der Waals surface area contributed by atoms with Gasteiger partial charge in [-0.3, -0.25) is 14.4 Å². The third kappa shape index (κ3) is 2.71. The Balaban J connectivity index is 1.38. The van der Waals surface area contributed by atoms with Crippen LogP contribution in [0.1, 0.15) is 23.8 Å². The van der Waals surface area contributed by atoms with E-state index >= 15 is 0 Å². The molecule has 11 heteroatoms. The van der Waals surface area contributed by atoms with E-state index in [1.54, 1.807) is 17.0 Å². The lowest BCUT2D eigenvalue weighted by molar-refractivity contribution is -0.150. The van der Waals surface area contributed by atoms with Gasteiger partial charge in [-0.05, 0) is 31.4 Å². The predicted octanol–water partition coefficient (Wildman–Crippen LogP) is 1.48. The maximum absolute atomic E-state index is 13.8. The van der Waals surface area contributed by atoms with Crippen LogP contribution in [-0.2, 0) is 19.1 Å². The monoisotopic (exact) mass is 507 g/mol. The van der Waals surface area contributed by atoms with Crippen molar-refractivity contribution in [2.24, 2.45) is 11.3 Å². The van der Waals surface area contributed by atoms with E-state index in [4.69, 9.17) is 18.9 Å². The van der Waals surface area contributed by atoms with Crippen molar-refractivity contribution in [2.45, 2.75) is 18.9 Å². The van der Waals surface area contributed by atoms with Gasteiger partial charge in [0.2, 0.25) is 11.5 Å². The summed E-state index contributed by atoms with van der Waals surface area (Å²) >= 11 is 0. The minimum atomic E-state index is -1.68. The average molecular weight is 507 g/mol. The van der Waals surface area contributed by atoms with E-state index in [1.807, 2.05) is 0 Å². The summed E-state index contributed by atoms with van der Waals surface area (Å²) in [6, 6.07) is 3.43. The van der Waals surface area contributed by atoms with Gasteiger partial charge in [-0.15, -0.1) is 0 Å². The third-order valence-electron chi connectivity index (χ3n) is 8.01. The number of fused-ring (bicyclic) bond motifs is 1. The highest BCUT2D eigenvalue weighted by atomic mass is 16.5. The average Bonchev–Trinajstić information content (AvgIpc) is 3.15. The van der Waals surface area contributed by atoms with E-state index in [2.05, 4.69) is 10.3 Å². The second-order valence-corrected chi connectivity index (χ2v) is 9.80. The Hall–Kier alpha value is -4.28. The topological polar surface area (TPSA) is 136 Å². The van der Waals surface area contributed by atoms with Crippen LogP contribution < -0.4 is 19.5 Å². The largest absolute Gasteiger partial charge is 0.493 e. The molecule has 1 amide bonds. The molecule has 3 atom stereocenters. The molecule has 2 aromatic rings. The van der Waals surface area contributed by atoms with Gasteiger partial charge in [0.15, 0.2) is 22.8 Å². The van der Waals surface area contributed by atoms with Gasteiger partial charge in [0, 0.05) is 34.7 Å². The number of ketones is 2. The third-order valence-corrected chi connectivity index (χ3v) is 8.01. The van der Waals surface area contributed by atoms with Crippen molar-refractivity contribution in [1.82, 2.24) is 15.2 Å². The standard InChI is InChI=1S/C26H25N3O8/c1-25(24(33)37-5)22(31)17-19(28-25)14(30)8-16-26(17)9-12(26)10-29(16)23(32)13-6-11-7-15(34-2)20(35-3)21(36-4)18(11)27-13/h6-8,12,27-28H,9-10H2,1-5H3/t12-,25?,26?/m1/s1. The molecule has 1 saturated heterocycles. The summed E-state index contributed by atoms with van der Waals surface area (Å²) < 4.78 is 21.2. The van der Waals surface area contributed by atoms with Crippen LogP contribution in [0.4, 0.5) is 0 Å². The van der Waals surface area contributed by atoms with E-state index in [0.717, 1.165) is 0 Å². The summed E-state index contributed by atoms with van der Waals surface area (Å²) in [6.45, 7) is 1.76. The number of aromatic nitrogens is 1. The summed E-state index contributed by atoms with van der Waals surface area (Å²) in [5.41, 5.74) is -0.733. The first kappa shape index (κ1) is 23.1. The highest BCUT2D eigenvalue weighted by Gasteiger charge is 2.73. The van der Waals surface area contributed by atoms with E-state index < -0.39 is 28.5 Å². The number of H-pyrrole nitrogens is 1. The van der Waals surface area contributed by atoms with Gasteiger partial charge in [-0.2, -0.15) is 0 Å². The maximum atomic E-state index is 13.8. The number of likely N-dealkylation sites (tertiary alicyclic amines) is 1. The van der Waals surface area contributed by atoms with Crippen molar-refractivity contribution < 1.29 is 38.1 Å². The Morgan fingerprint density at radius 1 is 1.05 bits per heavy atom. The Labute approximate surface area is 211 Å². The van der Waals surface area contributed by atoms with Crippen LogP contribution in [0.2, 0.25) is 0 Å². The van der Waals surface area contributed by atoms with E-state index in [0.29, 0.717) is 46.8 Å². The number of nitrogens with zero attached hydrogens (tertiary/aromatic N) is 1. The number of rotatable bonds is 5. The summed E-state index contributed by atoms with van der Waals surface area (Å²) in [6.07, 6.45) is 2.02. The van der Waals surface area contributed by atoms with Gasteiger partial charge < -0.3 is 34.1 Å². The van der Waals surface area contributed by atoms with Crippen LogP contribution in [0.3, 0.4) is 0 Å². The Bertz CT molecular complexity index is 1520. The number of carbonyl (C=O) groups excluding carboxylic acids is 4. The molecule has 1 spiro atoms. The number of benzene rings is 1. The molecule has 11 nitrogen and oxygen atoms in total. The van der Waals surface area contributed by atoms with E-state index in [9.17, 15) is 19.2 Å². The van der Waals surface area contributed by atoms with Gasteiger partial charge in [-0.25, -0.2) is 4.79 Å². The lowest BCUT2D eigenvalue weighted by Crippen LogP contribution is -2.52. The molecule has 2 aliphatic heterocycles. The SMILES string of the molecule is COC(=O)C1(C)NC2=C(C1=O)C13C[C@@H]1CN(C(=O)c1cc4cc(OC)c(OC)c(OC)c4[nH]1)C3=CC2=O. The number of ether oxygens (including phenoxy) is 4. The van der Waals surface area contributed by atoms with Gasteiger partial charge in [0.1, 0.15) is 5.69 Å². The van der Waals surface area contributed by atoms with Crippen LogP contribution >= 0.6 is 0 Å². The lowest BCUT2D eigenvalue weighted by atomic mass is 9.80. The molecule has 1 aromatic heterocycles. The number of carbonyl (C=O) groups is 4. The van der Waals surface area contributed by atoms with Crippen LogP contribution in [0.25, 0.3) is 10.9 Å². The number of hydrogen-bond donors (Lipinski definition) is 2. The first-order valence-corrected chi connectivity index (χ1v) is 11.7. The minimum absolute atomic E-state index is 0.0364. The molecule has 4 aliphatic rings. The zero-order valence-electron chi connectivity index (χ0n) is 20.9. The van der Waals surface area contributed by atoms with Gasteiger partial charge >= 0.3 is 5.97 Å². The fourth-order valence-corrected chi connectivity index (χ4v) is 6.15. The molecular formula is C26H25N3O8. The minimum Gasteiger partial charge on any atom is -0.493 e. The quantitative estimate of drug-likeness (QED) is 0.456. The molecule has 2 fully saturated rings. The Morgan fingerprint density at radius 2 is 1.78 bits per heavy atom. The normalized spacial score (nSPS) is 27.3. The van der Waals surface area contributed by atoms with Crippen molar-refractivity contribution in [3.63, 3.8) is 0 Å². The van der Waals surface area contributed by atoms with Crippen LogP contribution in [0.5, 0.6) is 17.2 Å². The molecule has 6 rings (SSSR count). The summed E-state index contributed by atoms with van der Waals surface area (Å²) in [4.78, 5) is 57.5. The number of amides is 1. The number of piperidine rings is 1. The summed E-state index contributed by atoms with van der Waals surface area (Å²) in [5.74, 6) is -0.852. The molecule has 3 heterocycles. The molecule has 2 aliphatic carbocycles. The number of methoxy groups -OCH3 is 4. The van der Waals surface area contributed by atoms with Crippen LogP contribution in [0, 0.1) is 11.3 Å². The van der Waals surface area contributed by atoms with Gasteiger partial charge in [0.25, 0.3) is 5.91 Å². The van der Waals surface area contributed by atoms with E-state index in [1.165, 1.54) is 41.4 Å². The predicted molar refractivity (Wildman–Crippen MR) is 128 cm³/mol. The first-order chi connectivity index (χ1) is 17.7. The number of esters is 1. The first-order valence-electron chi connectivity index (χ1n) is 11.7. The van der Waals surface area contributed by atoms with Crippen molar-refractivity contribution in [1.29, 1.82) is 0 Å². The van der Waals surface area contributed by atoms with Crippen molar-refractivity contribution in [2.75, 3.05) is 35.0 Å². The number of allylic oxidation sites excluding steroid dienone is 2. The molecule has 1 saturated carbocycles. The smallest absolute Gasteiger partial charge is 0.339 e. The fraction of sp³-hybridized carbons (Fsp3) is 0.385. The summed E-state index contributed by atoms with van der Waals surface area (Å²) in [7, 11) is 5.70. The highest BCUT2D eigenvalue weighted by Crippen LogP contribution is 2.70. The Morgan fingerprint density at radius 3 is 2.43 bits per heavy atom. The second kappa shape index (κ2) is 7.37. The van der Waals surface area contributed by atoms with Crippen molar-refractivity contribution in [3.8, 4) is 17.2 Å². The highest BCUT2D eigenvalue weighted by molar-refractivity contribution is 6.26. The number of nitrogens with one attached hydrogen (secondary N) is 2. The molecule has 0 radical (unpaired) electrons. The zero-order chi connectivity index (χ0) is 26.4. The van der Waals surface area contributed by atoms with E-state index in [-0.39, 0.29) is 28.8 Å². The zero-order valence-corrected chi connectivity index (χ0v) is 20.9. The molecule has 2 unspecified atom stereocenters. The molecule has 2 N–H and O–H groups in total. The lowest BCUT2D eigenvalue weighted by Gasteiger charge is -2.28. The second-order valence-electron chi connectivity index (χ2n) is 9.80. The van der Waals surface area contributed by atoms with Crippen molar-refractivity contribution in [3.05, 3.63) is 40.9 Å². The fourth-order valence-electron chi connectivity index (χ4n) is 6.15. The number of hydrogen-bond acceptors (Lipinski definition) is 9. The van der Waals surface area contributed by atoms with Crippen LogP contribution in [-0.4, -0.2) is 73.8 Å². The number of aromatic amines is 1. The van der Waals surface area contributed by atoms with Crippen molar-refractivity contribution >= 4 is 34.3 Å². The molecule has 37 heavy (non-hydrogen) atoms. The maximum Gasteiger partial charge on any atom is 0.339 e. The molecular weight excluding hydrogens is 482 g/mol. The molecule has 1 aromatic carbocycles.